The number of anilines is 1. The first-order valence-corrected chi connectivity index (χ1v) is 9.51. The Morgan fingerprint density at radius 2 is 2.00 bits per heavy atom. The molecule has 26 heavy (non-hydrogen) atoms. The summed E-state index contributed by atoms with van der Waals surface area (Å²) < 4.78 is 11.6. The number of hydrogen-bond donors (Lipinski definition) is 1. The van der Waals surface area contributed by atoms with E-state index in [0.717, 1.165) is 41.6 Å². The van der Waals surface area contributed by atoms with Crippen LogP contribution in [0.2, 0.25) is 0 Å². The summed E-state index contributed by atoms with van der Waals surface area (Å²) in [6, 6.07) is 7.56. The summed E-state index contributed by atoms with van der Waals surface area (Å²) in [4.78, 5) is 17.3. The number of aromatic nitrogens is 1. The quantitative estimate of drug-likeness (QED) is 0.611. The van der Waals surface area contributed by atoms with Crippen molar-refractivity contribution < 1.29 is 14.3 Å². The Kier molecular flexibility index (Phi) is 7.39. The zero-order valence-corrected chi connectivity index (χ0v) is 16.3. The Balaban J connectivity index is 2.30. The maximum absolute atomic E-state index is 12.9. The number of pyridine rings is 1. The molecule has 0 fully saturated rings. The fraction of sp³-hybridized carbons (Fsp3) is 0.524. The summed E-state index contributed by atoms with van der Waals surface area (Å²) in [6.45, 7) is 9.08. The molecule has 0 bridgehead atoms. The molecule has 142 valence electrons. The van der Waals surface area contributed by atoms with E-state index in [9.17, 15) is 4.79 Å². The highest BCUT2D eigenvalue weighted by atomic mass is 16.5. The fourth-order valence-corrected chi connectivity index (χ4v) is 3.00. The molecule has 5 nitrogen and oxygen atoms in total. The average Bonchev–Trinajstić information content (AvgIpc) is 2.64. The number of benzene rings is 1. The van der Waals surface area contributed by atoms with Crippen molar-refractivity contribution in [3.63, 3.8) is 0 Å². The second-order valence-electron chi connectivity index (χ2n) is 6.58. The van der Waals surface area contributed by atoms with Crippen LogP contribution in [0.5, 0.6) is 5.75 Å². The number of nitrogens with zero attached hydrogens (tertiary/aromatic N) is 1. The van der Waals surface area contributed by atoms with E-state index in [-0.39, 0.29) is 5.91 Å². The first kappa shape index (κ1) is 20.2. The van der Waals surface area contributed by atoms with Crippen molar-refractivity contribution >= 4 is 22.5 Å². The summed E-state index contributed by atoms with van der Waals surface area (Å²) in [6.07, 6.45) is 5.35. The van der Waals surface area contributed by atoms with E-state index in [4.69, 9.17) is 9.47 Å². The predicted molar refractivity (Wildman–Crippen MR) is 106 cm³/mol. The summed E-state index contributed by atoms with van der Waals surface area (Å²) >= 11 is 0. The third-order valence-corrected chi connectivity index (χ3v) is 4.41. The zero-order chi connectivity index (χ0) is 19.0. The maximum atomic E-state index is 12.9. The predicted octanol–water partition coefficient (Wildman–Crippen LogP) is 4.95. The minimum atomic E-state index is -0.839. The van der Waals surface area contributed by atoms with Crippen LogP contribution in [0.15, 0.2) is 30.5 Å². The second kappa shape index (κ2) is 9.53. The van der Waals surface area contributed by atoms with E-state index in [1.807, 2.05) is 45.0 Å². The van der Waals surface area contributed by atoms with Gasteiger partial charge in [-0.05, 0) is 51.0 Å². The number of carbonyl (C=O) groups excluding carboxylic acids is 1. The van der Waals surface area contributed by atoms with Crippen LogP contribution in [0, 0.1) is 0 Å². The molecule has 1 N–H and O–H groups in total. The van der Waals surface area contributed by atoms with Crippen molar-refractivity contribution in [1.29, 1.82) is 0 Å². The number of carbonyl (C=O) groups is 1. The third kappa shape index (κ3) is 4.73. The van der Waals surface area contributed by atoms with Crippen LogP contribution in [0.25, 0.3) is 10.9 Å². The largest absolute Gasteiger partial charge is 0.491 e. The van der Waals surface area contributed by atoms with E-state index in [0.29, 0.717) is 19.6 Å². The molecule has 0 aliphatic heterocycles. The van der Waals surface area contributed by atoms with E-state index in [1.54, 1.807) is 6.20 Å². The van der Waals surface area contributed by atoms with Crippen LogP contribution in [0.3, 0.4) is 0 Å². The van der Waals surface area contributed by atoms with Gasteiger partial charge < -0.3 is 14.8 Å². The molecule has 2 rings (SSSR count). The second-order valence-corrected chi connectivity index (χ2v) is 6.58. The lowest BCUT2D eigenvalue weighted by Crippen LogP contribution is -2.42. The van der Waals surface area contributed by atoms with Crippen LogP contribution in [-0.4, -0.2) is 29.7 Å². The Morgan fingerprint density at radius 3 is 2.69 bits per heavy atom. The van der Waals surface area contributed by atoms with Crippen molar-refractivity contribution in [1.82, 2.24) is 4.98 Å². The van der Waals surface area contributed by atoms with Gasteiger partial charge >= 0.3 is 0 Å². The van der Waals surface area contributed by atoms with Gasteiger partial charge in [-0.15, -0.1) is 0 Å². The summed E-state index contributed by atoms with van der Waals surface area (Å²) in [5.74, 6) is 0.610. The van der Waals surface area contributed by atoms with Crippen LogP contribution in [0.1, 0.15) is 53.4 Å². The van der Waals surface area contributed by atoms with Crippen LogP contribution in [0.4, 0.5) is 5.69 Å². The molecule has 0 saturated heterocycles. The lowest BCUT2D eigenvalue weighted by molar-refractivity contribution is -0.139. The van der Waals surface area contributed by atoms with Gasteiger partial charge in [0.05, 0.1) is 12.3 Å². The topological polar surface area (TPSA) is 60.5 Å². The summed E-state index contributed by atoms with van der Waals surface area (Å²) in [5.41, 5.74) is 0.645. The normalized spacial score (nSPS) is 13.4. The Morgan fingerprint density at radius 1 is 1.19 bits per heavy atom. The van der Waals surface area contributed by atoms with Crippen LogP contribution >= 0.6 is 0 Å². The van der Waals surface area contributed by atoms with E-state index in [1.165, 1.54) is 0 Å². The molecule has 0 radical (unpaired) electrons. The number of fused-ring (bicyclic) bond motifs is 1. The van der Waals surface area contributed by atoms with Gasteiger partial charge in [0.15, 0.2) is 0 Å². The first-order valence-electron chi connectivity index (χ1n) is 9.51. The van der Waals surface area contributed by atoms with Gasteiger partial charge in [-0.2, -0.15) is 0 Å². The Labute approximate surface area is 156 Å². The maximum Gasteiger partial charge on any atom is 0.256 e. The number of hydrogen-bond acceptors (Lipinski definition) is 4. The van der Waals surface area contributed by atoms with Crippen LogP contribution in [-0.2, 0) is 9.53 Å². The van der Waals surface area contributed by atoms with Crippen molar-refractivity contribution in [2.75, 3.05) is 18.5 Å². The highest BCUT2D eigenvalue weighted by Gasteiger charge is 2.33. The van der Waals surface area contributed by atoms with Crippen molar-refractivity contribution in [3.05, 3.63) is 30.5 Å². The molecule has 0 aliphatic rings. The Bertz CT molecular complexity index is 724. The van der Waals surface area contributed by atoms with E-state index < -0.39 is 5.60 Å². The summed E-state index contributed by atoms with van der Waals surface area (Å²) in [7, 11) is 0. The molecule has 1 heterocycles. The van der Waals surface area contributed by atoms with Gasteiger partial charge in [0.25, 0.3) is 5.91 Å². The highest BCUT2D eigenvalue weighted by Crippen LogP contribution is 2.31. The highest BCUT2D eigenvalue weighted by molar-refractivity contribution is 6.05. The van der Waals surface area contributed by atoms with Crippen LogP contribution < -0.4 is 10.1 Å². The number of nitrogens with one attached hydrogen (secondary N) is 1. The molecular weight excluding hydrogens is 328 g/mol. The number of unbranched alkanes of at least 4 members (excludes halogenated alkanes) is 1. The first-order chi connectivity index (χ1) is 12.6. The molecule has 1 aromatic heterocycles. The minimum Gasteiger partial charge on any atom is -0.491 e. The number of rotatable bonds is 10. The van der Waals surface area contributed by atoms with Gasteiger partial charge in [0.2, 0.25) is 0 Å². The molecule has 2 aromatic rings. The smallest absolute Gasteiger partial charge is 0.256 e. The zero-order valence-electron chi connectivity index (χ0n) is 16.3. The fourth-order valence-electron chi connectivity index (χ4n) is 3.00. The number of amides is 1. The lowest BCUT2D eigenvalue weighted by atomic mass is 9.98. The molecule has 5 heteroatoms. The summed E-state index contributed by atoms with van der Waals surface area (Å²) in [5, 5.41) is 3.90. The van der Waals surface area contributed by atoms with E-state index in [2.05, 4.69) is 17.2 Å². The monoisotopic (exact) mass is 358 g/mol. The van der Waals surface area contributed by atoms with Gasteiger partial charge in [-0.1, -0.05) is 26.7 Å². The van der Waals surface area contributed by atoms with Gasteiger partial charge in [-0.3, -0.25) is 9.78 Å². The molecule has 0 aliphatic carbocycles. The molecule has 1 unspecified atom stereocenters. The SMILES string of the molecule is CCCCOc1ccc(NC(=O)C(C)(CCC)OCC)c2cccnc12. The molecular formula is C21H30N2O3. The van der Waals surface area contributed by atoms with Gasteiger partial charge in [-0.25, -0.2) is 0 Å². The van der Waals surface area contributed by atoms with Crippen molar-refractivity contribution in [2.24, 2.45) is 0 Å². The van der Waals surface area contributed by atoms with E-state index >= 15 is 0 Å². The lowest BCUT2D eigenvalue weighted by Gasteiger charge is -2.28. The molecule has 1 aromatic carbocycles. The average molecular weight is 358 g/mol. The molecule has 0 saturated carbocycles. The standard InChI is InChI=1S/C21H30N2O3/c1-5-8-15-25-18-12-11-17(16-10-9-14-22-19(16)18)23-20(24)21(4,13-6-2)26-7-3/h9-12,14H,5-8,13,15H2,1-4H3,(H,23,24). The minimum absolute atomic E-state index is 0.133. The molecule has 1 amide bonds. The van der Waals surface area contributed by atoms with Gasteiger partial charge in [0, 0.05) is 18.2 Å². The third-order valence-electron chi connectivity index (χ3n) is 4.41. The number of ether oxygens (including phenoxy) is 2. The molecule has 0 spiro atoms. The van der Waals surface area contributed by atoms with Gasteiger partial charge in [0.1, 0.15) is 16.9 Å². The Hall–Kier alpha value is -2.14. The van der Waals surface area contributed by atoms with Crippen molar-refractivity contribution in [3.8, 4) is 5.75 Å². The van der Waals surface area contributed by atoms with Crippen molar-refractivity contribution in [2.45, 2.75) is 59.0 Å². The molecule has 1 atom stereocenters.